The molecule has 0 saturated carbocycles. The standard InChI is InChI=1S/C17H22O2.H3O3P/c1-5-17(6-2,19-4)15-9-7-13-8-10-16(18-3)12-14(13)11-15;1-4(2)3/h7-12H,5-6H2,1-4H3;4H,(H2,1,2,3). The van der Waals surface area contributed by atoms with Crippen molar-refractivity contribution in [2.75, 3.05) is 14.2 Å². The van der Waals surface area contributed by atoms with Crippen LogP contribution < -0.4 is 4.74 Å². The fourth-order valence-corrected chi connectivity index (χ4v) is 2.70. The first kappa shape index (κ1) is 19.7. The van der Waals surface area contributed by atoms with Crippen molar-refractivity contribution >= 4 is 19.0 Å². The first-order chi connectivity index (χ1) is 10.9. The van der Waals surface area contributed by atoms with E-state index in [4.69, 9.17) is 23.8 Å². The van der Waals surface area contributed by atoms with Crippen LogP contribution in [0.25, 0.3) is 10.8 Å². The average Bonchev–Trinajstić information content (AvgIpc) is 2.56. The Labute approximate surface area is 137 Å². The van der Waals surface area contributed by atoms with Gasteiger partial charge in [-0.25, -0.2) is 0 Å². The zero-order valence-electron chi connectivity index (χ0n) is 14.0. The van der Waals surface area contributed by atoms with Gasteiger partial charge in [-0.15, -0.1) is 0 Å². The van der Waals surface area contributed by atoms with Gasteiger partial charge in [-0.05, 0) is 47.4 Å². The molecule has 0 fully saturated rings. The van der Waals surface area contributed by atoms with Gasteiger partial charge < -0.3 is 19.3 Å². The van der Waals surface area contributed by atoms with Crippen LogP contribution in [-0.2, 0) is 14.9 Å². The maximum absolute atomic E-state index is 8.74. The molecule has 2 N–H and O–H groups in total. The third-order valence-corrected chi connectivity index (χ3v) is 4.11. The molecule has 2 aromatic carbocycles. The molecule has 0 aromatic heterocycles. The third-order valence-electron chi connectivity index (χ3n) is 4.11. The van der Waals surface area contributed by atoms with Crippen LogP contribution in [0.5, 0.6) is 5.75 Å². The van der Waals surface area contributed by atoms with Crippen molar-refractivity contribution in [2.24, 2.45) is 0 Å². The van der Waals surface area contributed by atoms with Crippen molar-refractivity contribution in [1.82, 2.24) is 0 Å². The molecule has 2 aromatic rings. The molecule has 2 rings (SSSR count). The second kappa shape index (κ2) is 9.04. The van der Waals surface area contributed by atoms with E-state index in [0.717, 1.165) is 18.6 Å². The molecule has 0 aliphatic carbocycles. The lowest BCUT2D eigenvalue weighted by Gasteiger charge is -2.31. The second-order valence-corrected chi connectivity index (χ2v) is 5.68. The first-order valence-corrected chi connectivity index (χ1v) is 8.78. The Balaban J connectivity index is 0.000000593. The van der Waals surface area contributed by atoms with E-state index in [2.05, 4.69) is 44.2 Å². The number of ether oxygens (including phenoxy) is 2. The summed E-state index contributed by atoms with van der Waals surface area (Å²) in [4.78, 5) is 14.3. The van der Waals surface area contributed by atoms with Gasteiger partial charge in [0.25, 0.3) is 0 Å². The summed E-state index contributed by atoms with van der Waals surface area (Å²) < 4.78 is 19.8. The largest absolute Gasteiger partial charge is 0.497 e. The van der Waals surface area contributed by atoms with Crippen LogP contribution in [0.4, 0.5) is 0 Å². The molecular weight excluding hydrogens is 315 g/mol. The van der Waals surface area contributed by atoms with Gasteiger partial charge in [-0.3, -0.25) is 4.57 Å². The van der Waals surface area contributed by atoms with Crippen molar-refractivity contribution in [1.29, 1.82) is 0 Å². The van der Waals surface area contributed by atoms with E-state index in [1.54, 1.807) is 14.2 Å². The zero-order chi connectivity index (χ0) is 17.5. The second-order valence-electron chi connectivity index (χ2n) is 5.12. The van der Waals surface area contributed by atoms with Crippen LogP contribution in [-0.4, -0.2) is 24.0 Å². The van der Waals surface area contributed by atoms with E-state index in [0.29, 0.717) is 0 Å². The maximum atomic E-state index is 8.74. The minimum Gasteiger partial charge on any atom is -0.497 e. The molecule has 0 saturated heterocycles. The predicted molar refractivity (Wildman–Crippen MR) is 93.2 cm³/mol. The highest BCUT2D eigenvalue weighted by Gasteiger charge is 2.27. The molecule has 6 heteroatoms. The number of hydrogen-bond acceptors (Lipinski definition) is 3. The highest BCUT2D eigenvalue weighted by Crippen LogP contribution is 2.34. The van der Waals surface area contributed by atoms with E-state index in [-0.39, 0.29) is 5.60 Å². The molecule has 0 aliphatic rings. The first-order valence-electron chi connectivity index (χ1n) is 7.47. The SMILES string of the molecule is CCC(CC)(OC)c1ccc2ccc(OC)cc2c1.O=[PH](O)O. The van der Waals surface area contributed by atoms with Gasteiger partial charge >= 0.3 is 8.25 Å². The number of hydrogen-bond donors (Lipinski definition) is 2. The molecule has 0 radical (unpaired) electrons. The number of methoxy groups -OCH3 is 2. The predicted octanol–water partition coefficient (Wildman–Crippen LogP) is 3.87. The summed E-state index contributed by atoms with van der Waals surface area (Å²) in [5.74, 6) is 0.890. The molecule has 0 unspecified atom stereocenters. The summed E-state index contributed by atoms with van der Waals surface area (Å²) in [6, 6.07) is 12.7. The highest BCUT2D eigenvalue weighted by atomic mass is 31.1. The van der Waals surface area contributed by atoms with Crippen LogP contribution in [0, 0.1) is 0 Å². The molecule has 23 heavy (non-hydrogen) atoms. The van der Waals surface area contributed by atoms with Gasteiger partial charge in [0.2, 0.25) is 0 Å². The lowest BCUT2D eigenvalue weighted by molar-refractivity contribution is -0.0216. The van der Waals surface area contributed by atoms with Crippen LogP contribution in [0.2, 0.25) is 0 Å². The quantitative estimate of drug-likeness (QED) is 0.808. The molecule has 0 spiro atoms. The maximum Gasteiger partial charge on any atom is 0.314 e. The van der Waals surface area contributed by atoms with Gasteiger partial charge in [0.1, 0.15) is 5.75 Å². The Morgan fingerprint density at radius 1 is 1.00 bits per heavy atom. The van der Waals surface area contributed by atoms with Crippen molar-refractivity contribution in [2.45, 2.75) is 32.3 Å². The van der Waals surface area contributed by atoms with Gasteiger partial charge in [-0.2, -0.15) is 0 Å². The molecule has 0 amide bonds. The molecular formula is C17H25O5P. The van der Waals surface area contributed by atoms with E-state index < -0.39 is 8.25 Å². The molecule has 0 heterocycles. The van der Waals surface area contributed by atoms with Crippen LogP contribution in [0.15, 0.2) is 36.4 Å². The van der Waals surface area contributed by atoms with Crippen LogP contribution in [0.1, 0.15) is 32.3 Å². The van der Waals surface area contributed by atoms with Gasteiger partial charge in [0, 0.05) is 7.11 Å². The summed E-state index contributed by atoms with van der Waals surface area (Å²) in [6.07, 6.45) is 1.94. The minimum absolute atomic E-state index is 0.183. The van der Waals surface area contributed by atoms with Gasteiger partial charge in [-0.1, -0.05) is 32.0 Å². The summed E-state index contributed by atoms with van der Waals surface area (Å²) in [5, 5.41) is 2.42. The highest BCUT2D eigenvalue weighted by molar-refractivity contribution is 7.30. The van der Waals surface area contributed by atoms with E-state index in [1.807, 2.05) is 6.07 Å². The summed E-state index contributed by atoms with van der Waals surface area (Å²) in [7, 11) is 0.362. The number of rotatable bonds is 5. The summed E-state index contributed by atoms with van der Waals surface area (Å²) in [5.41, 5.74) is 1.05. The van der Waals surface area contributed by atoms with Gasteiger partial charge in [0.05, 0.1) is 12.7 Å². The van der Waals surface area contributed by atoms with E-state index >= 15 is 0 Å². The third kappa shape index (κ3) is 5.05. The Kier molecular flexibility index (Phi) is 7.73. The van der Waals surface area contributed by atoms with Gasteiger partial charge in [0.15, 0.2) is 0 Å². The fourth-order valence-electron chi connectivity index (χ4n) is 2.70. The van der Waals surface area contributed by atoms with Crippen LogP contribution >= 0.6 is 8.25 Å². The summed E-state index contributed by atoms with van der Waals surface area (Å²) in [6.45, 7) is 4.34. The molecule has 0 aliphatic heterocycles. The van der Waals surface area contributed by atoms with Crippen molar-refractivity contribution < 1.29 is 23.8 Å². The normalized spacial score (nSPS) is 11.3. The monoisotopic (exact) mass is 340 g/mol. The van der Waals surface area contributed by atoms with Crippen molar-refractivity contribution in [3.8, 4) is 5.75 Å². The van der Waals surface area contributed by atoms with Crippen molar-refractivity contribution in [3.63, 3.8) is 0 Å². The fraction of sp³-hybridized carbons (Fsp3) is 0.412. The zero-order valence-corrected chi connectivity index (χ0v) is 15.0. The topological polar surface area (TPSA) is 76.0 Å². The van der Waals surface area contributed by atoms with E-state index in [1.165, 1.54) is 16.3 Å². The van der Waals surface area contributed by atoms with Crippen molar-refractivity contribution in [3.05, 3.63) is 42.0 Å². The Bertz CT molecular complexity index is 640. The number of fused-ring (bicyclic) bond motifs is 1. The number of benzene rings is 2. The average molecular weight is 340 g/mol. The molecule has 0 atom stereocenters. The molecule has 128 valence electrons. The molecule has 0 bridgehead atoms. The minimum atomic E-state index is -3.13. The lowest BCUT2D eigenvalue weighted by atomic mass is 9.87. The Morgan fingerprint density at radius 2 is 1.57 bits per heavy atom. The smallest absolute Gasteiger partial charge is 0.314 e. The lowest BCUT2D eigenvalue weighted by Crippen LogP contribution is -2.26. The molecule has 5 nitrogen and oxygen atoms in total. The van der Waals surface area contributed by atoms with Crippen LogP contribution in [0.3, 0.4) is 0 Å². The summed E-state index contributed by atoms with van der Waals surface area (Å²) >= 11 is 0. The Morgan fingerprint density at radius 3 is 2.04 bits per heavy atom. The Hall–Kier alpha value is -1.39. The van der Waals surface area contributed by atoms with E-state index in [9.17, 15) is 0 Å².